The van der Waals surface area contributed by atoms with Crippen molar-refractivity contribution in [1.82, 2.24) is 0 Å². The van der Waals surface area contributed by atoms with E-state index in [9.17, 15) is 14.9 Å². The Morgan fingerprint density at radius 2 is 2.03 bits per heavy atom. The predicted octanol–water partition coefficient (Wildman–Crippen LogP) is 6.92. The van der Waals surface area contributed by atoms with Crippen LogP contribution in [-0.2, 0) is 22.4 Å². The Morgan fingerprint density at radius 3 is 2.79 bits per heavy atom. The minimum atomic E-state index is -0.634. The molecule has 0 aliphatic heterocycles. The quantitative estimate of drug-likeness (QED) is 0.219. The van der Waals surface area contributed by atoms with E-state index in [1.165, 1.54) is 17.4 Å². The molecule has 1 aliphatic carbocycles. The molecule has 0 fully saturated rings. The van der Waals surface area contributed by atoms with E-state index in [1.807, 2.05) is 6.07 Å². The zero-order chi connectivity index (χ0) is 24.2. The molecular formula is C25H20Cl2N2O4S. The fourth-order valence-corrected chi connectivity index (χ4v) is 5.45. The second-order valence-corrected chi connectivity index (χ2v) is 9.53. The molecule has 0 radical (unpaired) electrons. The summed E-state index contributed by atoms with van der Waals surface area (Å²) in [5.74, 6) is -0.347. The number of carbonyl (C=O) groups excluding carboxylic acids is 2. The fourth-order valence-electron chi connectivity index (χ4n) is 3.80. The lowest BCUT2D eigenvalue weighted by molar-refractivity contribution is -0.112. The summed E-state index contributed by atoms with van der Waals surface area (Å²) in [6, 6.07) is 10.2. The first-order valence-corrected chi connectivity index (χ1v) is 12.3. The third-order valence-electron chi connectivity index (χ3n) is 5.35. The number of nitrogens with one attached hydrogen (secondary N) is 1. The number of amides is 1. The maximum Gasteiger partial charge on any atom is 0.341 e. The second kappa shape index (κ2) is 10.5. The third kappa shape index (κ3) is 5.05. The molecule has 3 aromatic rings. The van der Waals surface area contributed by atoms with E-state index in [4.69, 9.17) is 32.4 Å². The van der Waals surface area contributed by atoms with Crippen molar-refractivity contribution >= 4 is 57.5 Å². The summed E-state index contributed by atoms with van der Waals surface area (Å²) in [7, 11) is 0. The molecule has 174 valence electrons. The number of nitriles is 1. The summed E-state index contributed by atoms with van der Waals surface area (Å²) in [6.45, 7) is 1.97. The summed E-state index contributed by atoms with van der Waals surface area (Å²) >= 11 is 13.6. The van der Waals surface area contributed by atoms with Gasteiger partial charge in [0.25, 0.3) is 5.91 Å². The van der Waals surface area contributed by atoms with E-state index in [0.717, 1.165) is 36.1 Å². The molecule has 2 aromatic heterocycles. The lowest BCUT2D eigenvalue weighted by Gasteiger charge is -2.12. The van der Waals surface area contributed by atoms with Crippen LogP contribution in [0.1, 0.15) is 46.3 Å². The number of nitrogens with zero attached hydrogens (tertiary/aromatic N) is 1. The molecule has 1 N–H and O–H groups in total. The topological polar surface area (TPSA) is 92.3 Å². The number of halogens is 2. The van der Waals surface area contributed by atoms with Crippen molar-refractivity contribution in [2.24, 2.45) is 0 Å². The van der Waals surface area contributed by atoms with Crippen molar-refractivity contribution in [3.05, 3.63) is 67.7 Å². The number of furan rings is 1. The first-order chi connectivity index (χ1) is 16.4. The normalized spacial score (nSPS) is 13.2. The van der Waals surface area contributed by atoms with Crippen LogP contribution in [0, 0.1) is 11.3 Å². The number of hydrogen-bond donors (Lipinski definition) is 1. The van der Waals surface area contributed by atoms with E-state index in [1.54, 1.807) is 37.3 Å². The summed E-state index contributed by atoms with van der Waals surface area (Å²) in [5, 5.41) is 13.7. The first kappa shape index (κ1) is 24.1. The highest BCUT2D eigenvalue weighted by atomic mass is 35.5. The maximum absolute atomic E-state index is 12.9. The number of esters is 1. The van der Waals surface area contributed by atoms with Gasteiger partial charge in [0.2, 0.25) is 0 Å². The largest absolute Gasteiger partial charge is 0.462 e. The molecule has 1 aromatic carbocycles. The summed E-state index contributed by atoms with van der Waals surface area (Å²) in [4.78, 5) is 26.6. The Bertz CT molecular complexity index is 1330. The van der Waals surface area contributed by atoms with Crippen LogP contribution >= 0.6 is 34.5 Å². The average Bonchev–Trinajstić information content (AvgIpc) is 3.43. The molecule has 34 heavy (non-hydrogen) atoms. The highest BCUT2D eigenvalue weighted by molar-refractivity contribution is 7.17. The zero-order valence-electron chi connectivity index (χ0n) is 18.2. The summed E-state index contributed by atoms with van der Waals surface area (Å²) in [6.07, 6.45) is 4.96. The van der Waals surface area contributed by atoms with Crippen LogP contribution in [0.25, 0.3) is 17.4 Å². The van der Waals surface area contributed by atoms with Gasteiger partial charge in [-0.2, -0.15) is 5.26 Å². The molecular weight excluding hydrogens is 495 g/mol. The van der Waals surface area contributed by atoms with Gasteiger partial charge < -0.3 is 14.5 Å². The van der Waals surface area contributed by atoms with Gasteiger partial charge in [0.05, 0.1) is 17.2 Å². The van der Waals surface area contributed by atoms with Crippen molar-refractivity contribution in [1.29, 1.82) is 5.26 Å². The van der Waals surface area contributed by atoms with Gasteiger partial charge >= 0.3 is 5.97 Å². The highest BCUT2D eigenvalue weighted by Crippen LogP contribution is 2.39. The summed E-state index contributed by atoms with van der Waals surface area (Å²) < 4.78 is 11.0. The molecule has 0 saturated heterocycles. The van der Waals surface area contributed by atoms with Crippen molar-refractivity contribution < 1.29 is 18.7 Å². The van der Waals surface area contributed by atoms with Crippen LogP contribution in [-0.4, -0.2) is 18.5 Å². The minimum Gasteiger partial charge on any atom is -0.462 e. The van der Waals surface area contributed by atoms with Crippen LogP contribution in [0.4, 0.5) is 5.00 Å². The van der Waals surface area contributed by atoms with Crippen molar-refractivity contribution in [3.63, 3.8) is 0 Å². The van der Waals surface area contributed by atoms with Gasteiger partial charge in [-0.3, -0.25) is 4.79 Å². The monoisotopic (exact) mass is 514 g/mol. The van der Waals surface area contributed by atoms with E-state index in [2.05, 4.69) is 5.32 Å². The van der Waals surface area contributed by atoms with Crippen LogP contribution in [0.15, 0.2) is 40.3 Å². The Kier molecular flexibility index (Phi) is 7.42. The van der Waals surface area contributed by atoms with Gasteiger partial charge in [-0.1, -0.05) is 23.2 Å². The van der Waals surface area contributed by atoms with Gasteiger partial charge in [0, 0.05) is 21.5 Å². The Morgan fingerprint density at radius 1 is 1.24 bits per heavy atom. The van der Waals surface area contributed by atoms with Crippen LogP contribution in [0.5, 0.6) is 0 Å². The van der Waals surface area contributed by atoms with Crippen molar-refractivity contribution in [3.8, 4) is 17.4 Å². The molecule has 0 atom stereocenters. The molecule has 2 heterocycles. The van der Waals surface area contributed by atoms with E-state index in [0.29, 0.717) is 37.7 Å². The minimum absolute atomic E-state index is 0.167. The Balaban J connectivity index is 1.61. The number of hydrogen-bond acceptors (Lipinski definition) is 6. The van der Waals surface area contributed by atoms with E-state index >= 15 is 0 Å². The van der Waals surface area contributed by atoms with Crippen LogP contribution in [0.3, 0.4) is 0 Å². The lowest BCUT2D eigenvalue weighted by Crippen LogP contribution is -2.16. The molecule has 1 amide bonds. The first-order valence-electron chi connectivity index (χ1n) is 10.7. The lowest BCUT2D eigenvalue weighted by atomic mass is 9.95. The number of carbonyl (C=O) groups is 2. The van der Waals surface area contributed by atoms with Gasteiger partial charge in [0.15, 0.2) is 0 Å². The standard InChI is InChI=1S/C25H20Cl2N2O4S/c1-2-32-25(31)22-17-5-3-4-6-21(17)34-24(22)29-23(30)14(13-28)11-16-8-10-20(33-16)18-12-15(26)7-9-19(18)27/h7-12H,2-6H2,1H3,(H,29,30). The number of fused-ring (bicyclic) bond motifs is 1. The zero-order valence-corrected chi connectivity index (χ0v) is 20.6. The smallest absolute Gasteiger partial charge is 0.341 e. The van der Waals surface area contributed by atoms with E-state index in [-0.39, 0.29) is 12.2 Å². The second-order valence-electron chi connectivity index (χ2n) is 7.59. The number of thiophene rings is 1. The number of rotatable bonds is 6. The molecule has 4 rings (SSSR count). The number of anilines is 1. The van der Waals surface area contributed by atoms with Gasteiger partial charge in [-0.05, 0) is 68.5 Å². The highest BCUT2D eigenvalue weighted by Gasteiger charge is 2.28. The molecule has 0 saturated carbocycles. The van der Waals surface area contributed by atoms with E-state index < -0.39 is 11.9 Å². The van der Waals surface area contributed by atoms with Crippen LogP contribution < -0.4 is 5.32 Å². The van der Waals surface area contributed by atoms with Gasteiger partial charge in [-0.25, -0.2) is 4.79 Å². The molecule has 6 nitrogen and oxygen atoms in total. The Labute approximate surface area is 210 Å². The fraction of sp³-hybridized carbons (Fsp3) is 0.240. The third-order valence-corrected chi connectivity index (χ3v) is 7.12. The SMILES string of the molecule is CCOC(=O)c1c(NC(=O)C(C#N)=Cc2ccc(-c3cc(Cl)ccc3Cl)o2)sc2c1CCCC2. The molecule has 9 heteroatoms. The maximum atomic E-state index is 12.9. The number of benzene rings is 1. The van der Waals surface area contributed by atoms with Gasteiger partial charge in [-0.15, -0.1) is 11.3 Å². The molecule has 0 spiro atoms. The average molecular weight is 515 g/mol. The number of ether oxygens (including phenoxy) is 1. The van der Waals surface area contributed by atoms with Crippen LogP contribution in [0.2, 0.25) is 10.0 Å². The van der Waals surface area contributed by atoms with Gasteiger partial charge in [0.1, 0.15) is 28.2 Å². The van der Waals surface area contributed by atoms with Crippen molar-refractivity contribution in [2.45, 2.75) is 32.6 Å². The summed E-state index contributed by atoms with van der Waals surface area (Å²) in [5.41, 5.74) is 1.75. The Hall–Kier alpha value is -3.05. The molecule has 0 unspecified atom stereocenters. The predicted molar refractivity (Wildman–Crippen MR) is 133 cm³/mol. The number of aryl methyl sites for hydroxylation is 1. The molecule has 1 aliphatic rings. The molecule has 0 bridgehead atoms. The van der Waals surface area contributed by atoms with Crippen molar-refractivity contribution in [2.75, 3.05) is 11.9 Å².